The van der Waals surface area contributed by atoms with Crippen LogP contribution in [0.3, 0.4) is 0 Å². The maximum Gasteiger partial charge on any atom is 0.249 e. The van der Waals surface area contributed by atoms with E-state index in [4.69, 9.17) is 4.74 Å². The molecular weight excluding hydrogens is 268 g/mol. The molecule has 2 aliphatic heterocycles. The molecule has 1 saturated carbocycles. The number of rotatable bonds is 4. The molecule has 2 saturated heterocycles. The van der Waals surface area contributed by atoms with Crippen molar-refractivity contribution >= 4 is 11.8 Å². The van der Waals surface area contributed by atoms with E-state index in [2.05, 4.69) is 5.32 Å². The smallest absolute Gasteiger partial charge is 0.249 e. The average Bonchev–Trinajstić information content (AvgIpc) is 3.16. The highest BCUT2D eigenvalue weighted by atomic mass is 16.5. The predicted molar refractivity (Wildman–Crippen MR) is 78.7 cm³/mol. The summed E-state index contributed by atoms with van der Waals surface area (Å²) in [5.74, 6) is 0.340. The number of piperazine rings is 1. The highest BCUT2D eigenvalue weighted by Gasteiger charge is 2.57. The lowest BCUT2D eigenvalue weighted by Crippen LogP contribution is -2.74. The van der Waals surface area contributed by atoms with E-state index < -0.39 is 11.1 Å². The van der Waals surface area contributed by atoms with E-state index in [1.165, 1.54) is 0 Å². The Bertz CT molecular complexity index is 452. The van der Waals surface area contributed by atoms with Crippen molar-refractivity contribution in [1.29, 1.82) is 0 Å². The van der Waals surface area contributed by atoms with Gasteiger partial charge < -0.3 is 15.0 Å². The Kier molecular flexibility index (Phi) is 3.51. The molecule has 5 heteroatoms. The van der Waals surface area contributed by atoms with Crippen LogP contribution in [0.15, 0.2) is 0 Å². The Balaban J connectivity index is 1.76. The number of carbonyl (C=O) groups excluding carboxylic acids is 2. The van der Waals surface area contributed by atoms with Crippen LogP contribution in [0.5, 0.6) is 0 Å². The molecule has 1 aliphatic carbocycles. The van der Waals surface area contributed by atoms with Crippen molar-refractivity contribution in [1.82, 2.24) is 10.2 Å². The van der Waals surface area contributed by atoms with Gasteiger partial charge in [-0.15, -0.1) is 0 Å². The van der Waals surface area contributed by atoms with Crippen LogP contribution in [-0.2, 0) is 14.3 Å². The van der Waals surface area contributed by atoms with Crippen LogP contribution in [-0.4, -0.2) is 47.0 Å². The summed E-state index contributed by atoms with van der Waals surface area (Å²) in [6, 6.07) is 0. The molecule has 2 atom stereocenters. The second-order valence-electron chi connectivity index (χ2n) is 7.37. The molecule has 0 bridgehead atoms. The second kappa shape index (κ2) is 4.97. The van der Waals surface area contributed by atoms with Gasteiger partial charge in [0.1, 0.15) is 11.1 Å². The SMILES string of the molecule is CC1(C2CC2)NC(=O)C(C)(C)N(CCC2CCCO2)C1=O. The zero-order valence-electron chi connectivity index (χ0n) is 13.3. The predicted octanol–water partition coefficient (Wildman–Crippen LogP) is 1.46. The fourth-order valence-corrected chi connectivity index (χ4v) is 3.56. The standard InChI is InChI=1S/C16H26N2O3/c1-15(2)13(19)17-16(3,11-6-7-11)14(20)18(15)9-8-12-5-4-10-21-12/h11-12H,4-10H2,1-3H3,(H,17,19). The van der Waals surface area contributed by atoms with E-state index in [1.54, 1.807) is 4.90 Å². The van der Waals surface area contributed by atoms with Crippen molar-refractivity contribution in [3.63, 3.8) is 0 Å². The van der Waals surface area contributed by atoms with Gasteiger partial charge in [0.2, 0.25) is 11.8 Å². The molecule has 0 spiro atoms. The number of ether oxygens (including phenoxy) is 1. The Labute approximate surface area is 126 Å². The first kappa shape index (κ1) is 14.8. The number of hydrogen-bond acceptors (Lipinski definition) is 3. The van der Waals surface area contributed by atoms with Crippen LogP contribution in [0, 0.1) is 5.92 Å². The van der Waals surface area contributed by atoms with Crippen molar-refractivity contribution in [2.45, 2.75) is 70.1 Å². The summed E-state index contributed by atoms with van der Waals surface area (Å²) in [6.07, 6.45) is 5.29. The van der Waals surface area contributed by atoms with Gasteiger partial charge in [0.15, 0.2) is 0 Å². The van der Waals surface area contributed by atoms with E-state index in [-0.39, 0.29) is 17.9 Å². The molecule has 1 N–H and O–H groups in total. The molecule has 2 unspecified atom stereocenters. The van der Waals surface area contributed by atoms with Gasteiger partial charge in [0, 0.05) is 13.2 Å². The zero-order valence-corrected chi connectivity index (χ0v) is 13.3. The summed E-state index contributed by atoms with van der Waals surface area (Å²) >= 11 is 0. The van der Waals surface area contributed by atoms with Gasteiger partial charge in [0.25, 0.3) is 0 Å². The van der Waals surface area contributed by atoms with Gasteiger partial charge in [0.05, 0.1) is 6.10 Å². The molecule has 0 aromatic carbocycles. The number of carbonyl (C=O) groups is 2. The van der Waals surface area contributed by atoms with Crippen molar-refractivity contribution < 1.29 is 14.3 Å². The number of hydrogen-bond donors (Lipinski definition) is 1. The third-order valence-electron chi connectivity index (χ3n) is 5.39. The third-order valence-corrected chi connectivity index (χ3v) is 5.39. The molecule has 0 aromatic heterocycles. The lowest BCUT2D eigenvalue weighted by atomic mass is 9.85. The minimum absolute atomic E-state index is 0.0381. The Morgan fingerprint density at radius 3 is 2.52 bits per heavy atom. The molecule has 0 aromatic rings. The van der Waals surface area contributed by atoms with E-state index in [9.17, 15) is 9.59 Å². The minimum Gasteiger partial charge on any atom is -0.378 e. The third kappa shape index (κ3) is 2.45. The molecule has 118 valence electrons. The first-order valence-electron chi connectivity index (χ1n) is 8.12. The number of nitrogens with one attached hydrogen (secondary N) is 1. The summed E-state index contributed by atoms with van der Waals surface area (Å²) in [6.45, 7) is 6.98. The van der Waals surface area contributed by atoms with Crippen LogP contribution in [0.2, 0.25) is 0 Å². The van der Waals surface area contributed by atoms with Crippen molar-refractivity contribution in [3.05, 3.63) is 0 Å². The maximum absolute atomic E-state index is 13.0. The molecule has 2 amide bonds. The van der Waals surface area contributed by atoms with E-state index in [0.717, 1.165) is 38.7 Å². The summed E-state index contributed by atoms with van der Waals surface area (Å²) in [7, 11) is 0. The van der Waals surface area contributed by atoms with Crippen molar-refractivity contribution in [2.24, 2.45) is 5.92 Å². The van der Waals surface area contributed by atoms with E-state index >= 15 is 0 Å². The highest BCUT2D eigenvalue weighted by molar-refractivity contribution is 6.02. The Morgan fingerprint density at radius 1 is 1.24 bits per heavy atom. The molecule has 5 nitrogen and oxygen atoms in total. The number of amides is 2. The van der Waals surface area contributed by atoms with Gasteiger partial charge in [-0.25, -0.2) is 0 Å². The topological polar surface area (TPSA) is 58.6 Å². The van der Waals surface area contributed by atoms with E-state index in [0.29, 0.717) is 12.5 Å². The van der Waals surface area contributed by atoms with Crippen LogP contribution in [0.4, 0.5) is 0 Å². The van der Waals surface area contributed by atoms with Gasteiger partial charge >= 0.3 is 0 Å². The first-order chi connectivity index (χ1) is 9.85. The van der Waals surface area contributed by atoms with Gasteiger partial charge in [-0.05, 0) is 58.8 Å². The lowest BCUT2D eigenvalue weighted by molar-refractivity contribution is -0.161. The molecule has 3 fully saturated rings. The average molecular weight is 294 g/mol. The zero-order chi connectivity index (χ0) is 15.3. The van der Waals surface area contributed by atoms with E-state index in [1.807, 2.05) is 20.8 Å². The molecular formula is C16H26N2O3. The van der Waals surface area contributed by atoms with Gasteiger partial charge in [-0.2, -0.15) is 0 Å². The monoisotopic (exact) mass is 294 g/mol. The highest BCUT2D eigenvalue weighted by Crippen LogP contribution is 2.43. The summed E-state index contributed by atoms with van der Waals surface area (Å²) < 4.78 is 5.65. The Morgan fingerprint density at radius 2 is 1.95 bits per heavy atom. The Hall–Kier alpha value is -1.10. The minimum atomic E-state index is -0.774. The summed E-state index contributed by atoms with van der Waals surface area (Å²) in [5, 5.41) is 2.99. The summed E-state index contributed by atoms with van der Waals surface area (Å²) in [5.41, 5.74) is -1.48. The molecule has 21 heavy (non-hydrogen) atoms. The van der Waals surface area contributed by atoms with Crippen molar-refractivity contribution in [2.75, 3.05) is 13.2 Å². The quantitative estimate of drug-likeness (QED) is 0.854. The largest absolute Gasteiger partial charge is 0.378 e. The molecule has 0 radical (unpaired) electrons. The first-order valence-corrected chi connectivity index (χ1v) is 8.12. The van der Waals surface area contributed by atoms with Crippen molar-refractivity contribution in [3.8, 4) is 0 Å². The van der Waals surface area contributed by atoms with Gasteiger partial charge in [-0.1, -0.05) is 0 Å². The molecule has 2 heterocycles. The van der Waals surface area contributed by atoms with Crippen LogP contribution >= 0.6 is 0 Å². The normalized spacial score (nSPS) is 36.0. The molecule has 3 aliphatic rings. The van der Waals surface area contributed by atoms with Crippen LogP contribution in [0.25, 0.3) is 0 Å². The second-order valence-corrected chi connectivity index (χ2v) is 7.37. The molecule has 3 rings (SSSR count). The van der Waals surface area contributed by atoms with Crippen LogP contribution < -0.4 is 5.32 Å². The summed E-state index contributed by atoms with van der Waals surface area (Å²) in [4.78, 5) is 27.2. The fraction of sp³-hybridized carbons (Fsp3) is 0.875. The van der Waals surface area contributed by atoms with Crippen LogP contribution in [0.1, 0.15) is 52.9 Å². The number of nitrogens with zero attached hydrogens (tertiary/aromatic N) is 1. The maximum atomic E-state index is 13.0. The van der Waals surface area contributed by atoms with Gasteiger partial charge in [-0.3, -0.25) is 9.59 Å². The fourth-order valence-electron chi connectivity index (χ4n) is 3.56. The lowest BCUT2D eigenvalue weighted by Gasteiger charge is -2.49.